The highest BCUT2D eigenvalue weighted by atomic mass is 16.5. The van der Waals surface area contributed by atoms with Gasteiger partial charge in [0.05, 0.1) is 23.6 Å². The molecule has 180 valence electrons. The van der Waals surface area contributed by atoms with Crippen molar-refractivity contribution >= 4 is 22.2 Å². The smallest absolute Gasteiger partial charge is 0.349 e. The lowest BCUT2D eigenvalue weighted by atomic mass is 10.0. The van der Waals surface area contributed by atoms with Crippen LogP contribution in [0.4, 0.5) is 0 Å². The molecule has 0 radical (unpaired) electrons. The normalized spacial score (nSPS) is 18.0. The fraction of sp³-hybridized carbons (Fsp3) is 0.308. The van der Waals surface area contributed by atoms with E-state index in [4.69, 9.17) is 14.1 Å². The minimum atomic E-state index is -0.375. The van der Waals surface area contributed by atoms with Crippen molar-refractivity contribution in [3.8, 4) is 28.6 Å². The second-order valence-corrected chi connectivity index (χ2v) is 8.96. The summed E-state index contributed by atoms with van der Waals surface area (Å²) in [5.41, 5.74) is 4.17. The number of aryl methyl sites for hydroxylation is 1. The number of nitrogens with zero attached hydrogens (tertiary/aromatic N) is 7. The maximum absolute atomic E-state index is 13.6. The third-order valence-corrected chi connectivity index (χ3v) is 6.70. The SMILES string of the molecule is CC[C@H]1CC(n2c(=O)nc(-c3cccnc3)c3oc4cc(C#N)c(-c5cnn(C)c5)nc4c32)CCO1. The average molecular weight is 482 g/mol. The van der Waals surface area contributed by atoms with Gasteiger partial charge in [0.15, 0.2) is 11.2 Å². The van der Waals surface area contributed by atoms with Crippen molar-refractivity contribution < 1.29 is 9.15 Å². The number of aromatic nitrogens is 6. The Morgan fingerprint density at radius 2 is 2.11 bits per heavy atom. The lowest BCUT2D eigenvalue weighted by molar-refractivity contribution is -0.00710. The molecule has 10 heteroatoms. The predicted octanol–water partition coefficient (Wildman–Crippen LogP) is 4.00. The first kappa shape index (κ1) is 22.1. The zero-order chi connectivity index (χ0) is 24.8. The van der Waals surface area contributed by atoms with Gasteiger partial charge in [-0.15, -0.1) is 0 Å². The zero-order valence-corrected chi connectivity index (χ0v) is 19.9. The Bertz CT molecular complexity index is 1690. The van der Waals surface area contributed by atoms with E-state index in [1.807, 2.05) is 6.07 Å². The Labute approximate surface area is 205 Å². The predicted molar refractivity (Wildman–Crippen MR) is 132 cm³/mol. The van der Waals surface area contributed by atoms with E-state index in [0.29, 0.717) is 69.7 Å². The second kappa shape index (κ2) is 8.70. The highest BCUT2D eigenvalue weighted by molar-refractivity contribution is 6.05. The summed E-state index contributed by atoms with van der Waals surface area (Å²) in [5, 5.41) is 14.1. The summed E-state index contributed by atoms with van der Waals surface area (Å²) >= 11 is 0. The van der Waals surface area contributed by atoms with Crippen LogP contribution in [0.2, 0.25) is 0 Å². The van der Waals surface area contributed by atoms with Crippen LogP contribution in [0, 0.1) is 11.3 Å². The van der Waals surface area contributed by atoms with Crippen LogP contribution in [0.3, 0.4) is 0 Å². The second-order valence-electron chi connectivity index (χ2n) is 8.96. The molecule has 6 rings (SSSR count). The first-order chi connectivity index (χ1) is 17.6. The number of pyridine rings is 2. The van der Waals surface area contributed by atoms with Crippen LogP contribution in [0.15, 0.2) is 52.2 Å². The number of fused-ring (bicyclic) bond motifs is 3. The van der Waals surface area contributed by atoms with E-state index in [1.54, 1.807) is 53.2 Å². The number of ether oxygens (including phenoxy) is 1. The molecule has 5 aromatic heterocycles. The van der Waals surface area contributed by atoms with Crippen LogP contribution >= 0.6 is 0 Å². The van der Waals surface area contributed by atoms with Crippen molar-refractivity contribution in [2.75, 3.05) is 6.61 Å². The molecule has 0 amide bonds. The minimum Gasteiger partial charge on any atom is -0.450 e. The molecule has 0 N–H and O–H groups in total. The van der Waals surface area contributed by atoms with Gasteiger partial charge in [0, 0.05) is 55.5 Å². The average Bonchev–Trinajstić information content (AvgIpc) is 3.51. The number of furan rings is 1. The van der Waals surface area contributed by atoms with Gasteiger partial charge in [-0.25, -0.2) is 9.78 Å². The van der Waals surface area contributed by atoms with E-state index in [9.17, 15) is 10.1 Å². The minimum absolute atomic E-state index is 0.0611. The third-order valence-electron chi connectivity index (χ3n) is 6.70. The molecule has 36 heavy (non-hydrogen) atoms. The van der Waals surface area contributed by atoms with Crippen LogP contribution in [-0.4, -0.2) is 42.0 Å². The Kier molecular flexibility index (Phi) is 5.34. The van der Waals surface area contributed by atoms with Gasteiger partial charge in [-0.3, -0.25) is 14.2 Å². The largest absolute Gasteiger partial charge is 0.450 e. The van der Waals surface area contributed by atoms with E-state index in [2.05, 4.69) is 28.1 Å². The molecule has 0 aliphatic carbocycles. The molecule has 1 aliphatic heterocycles. The summed E-state index contributed by atoms with van der Waals surface area (Å²) in [6, 6.07) is 7.40. The topological polar surface area (TPSA) is 125 Å². The summed E-state index contributed by atoms with van der Waals surface area (Å²) in [6.07, 6.45) is 9.07. The van der Waals surface area contributed by atoms with Crippen molar-refractivity contribution in [2.24, 2.45) is 7.05 Å². The molecule has 0 aromatic carbocycles. The van der Waals surface area contributed by atoms with E-state index in [0.717, 1.165) is 6.42 Å². The van der Waals surface area contributed by atoms with Crippen LogP contribution < -0.4 is 5.69 Å². The van der Waals surface area contributed by atoms with Crippen LogP contribution in [-0.2, 0) is 11.8 Å². The number of nitriles is 1. The van der Waals surface area contributed by atoms with Gasteiger partial charge in [-0.05, 0) is 31.4 Å². The molecule has 10 nitrogen and oxygen atoms in total. The standard InChI is InChI=1S/C26H23N7O3/c1-3-19-10-18(6-8-35-19)33-24-23-20(9-16(11-27)21(30-23)17-13-29-32(2)14-17)36-25(24)22(31-26(33)34)15-5-4-7-28-12-15/h4-5,7,9,12-14,18-19H,3,6,8,10H2,1-2H3/t18?,19-/m0/s1. The molecule has 6 heterocycles. The highest BCUT2D eigenvalue weighted by Gasteiger charge is 2.29. The molecule has 2 atom stereocenters. The molecule has 1 unspecified atom stereocenters. The Hall–Kier alpha value is -4.36. The van der Waals surface area contributed by atoms with Gasteiger partial charge in [0.25, 0.3) is 0 Å². The number of hydrogen-bond donors (Lipinski definition) is 0. The van der Waals surface area contributed by atoms with Crippen LogP contribution in [0.5, 0.6) is 0 Å². The molecule has 0 spiro atoms. The van der Waals surface area contributed by atoms with Gasteiger partial charge in [-0.1, -0.05) is 6.92 Å². The van der Waals surface area contributed by atoms with Crippen LogP contribution in [0.1, 0.15) is 37.8 Å². The molecule has 1 fully saturated rings. The summed E-state index contributed by atoms with van der Waals surface area (Å²) in [5.74, 6) is 0. The van der Waals surface area contributed by atoms with E-state index in [-0.39, 0.29) is 17.8 Å². The van der Waals surface area contributed by atoms with Gasteiger partial charge >= 0.3 is 5.69 Å². The van der Waals surface area contributed by atoms with Gasteiger partial charge in [0.2, 0.25) is 0 Å². The van der Waals surface area contributed by atoms with Gasteiger partial charge in [0.1, 0.15) is 22.8 Å². The Morgan fingerprint density at radius 1 is 1.22 bits per heavy atom. The Balaban J connectivity index is 1.70. The molecule has 5 aromatic rings. The molecular weight excluding hydrogens is 458 g/mol. The first-order valence-electron chi connectivity index (χ1n) is 11.9. The van der Waals surface area contributed by atoms with Crippen molar-refractivity contribution in [1.29, 1.82) is 5.26 Å². The number of hydrogen-bond acceptors (Lipinski definition) is 8. The summed E-state index contributed by atoms with van der Waals surface area (Å²) in [4.78, 5) is 27.1. The molecule has 1 aliphatic rings. The first-order valence-corrected chi connectivity index (χ1v) is 11.9. The fourth-order valence-corrected chi connectivity index (χ4v) is 4.95. The number of rotatable bonds is 4. The quantitative estimate of drug-likeness (QED) is 0.377. The summed E-state index contributed by atoms with van der Waals surface area (Å²) in [7, 11) is 1.81. The van der Waals surface area contributed by atoms with Crippen molar-refractivity contribution in [3.63, 3.8) is 0 Å². The summed E-state index contributed by atoms with van der Waals surface area (Å²) < 4.78 is 15.5. The van der Waals surface area contributed by atoms with E-state index >= 15 is 0 Å². The van der Waals surface area contributed by atoms with Crippen molar-refractivity contribution in [3.05, 3.63) is 59.0 Å². The lowest BCUT2D eigenvalue weighted by Crippen LogP contribution is -2.34. The molecular formula is C26H23N7O3. The van der Waals surface area contributed by atoms with Gasteiger partial charge < -0.3 is 9.15 Å². The monoisotopic (exact) mass is 481 g/mol. The Morgan fingerprint density at radius 3 is 2.83 bits per heavy atom. The lowest BCUT2D eigenvalue weighted by Gasteiger charge is -2.30. The van der Waals surface area contributed by atoms with Crippen LogP contribution in [0.25, 0.3) is 44.7 Å². The van der Waals surface area contributed by atoms with Crippen molar-refractivity contribution in [2.45, 2.75) is 38.3 Å². The fourth-order valence-electron chi connectivity index (χ4n) is 4.95. The zero-order valence-electron chi connectivity index (χ0n) is 19.9. The molecule has 0 saturated carbocycles. The molecule has 1 saturated heterocycles. The highest BCUT2D eigenvalue weighted by Crippen LogP contribution is 2.38. The third kappa shape index (κ3) is 3.56. The van der Waals surface area contributed by atoms with Gasteiger partial charge in [-0.2, -0.15) is 15.3 Å². The maximum atomic E-state index is 13.6. The van der Waals surface area contributed by atoms with E-state index < -0.39 is 0 Å². The van der Waals surface area contributed by atoms with E-state index in [1.165, 1.54) is 0 Å². The summed E-state index contributed by atoms with van der Waals surface area (Å²) in [6.45, 7) is 2.64. The van der Waals surface area contributed by atoms with Crippen molar-refractivity contribution in [1.82, 2.24) is 29.3 Å². The maximum Gasteiger partial charge on any atom is 0.349 e. The molecule has 0 bridgehead atoms.